The summed E-state index contributed by atoms with van der Waals surface area (Å²) in [6.07, 6.45) is 1.99. The van der Waals surface area contributed by atoms with Gasteiger partial charge >= 0.3 is 0 Å². The van der Waals surface area contributed by atoms with E-state index in [2.05, 4.69) is 24.1 Å². The van der Waals surface area contributed by atoms with Gasteiger partial charge in [-0.15, -0.1) is 0 Å². The van der Waals surface area contributed by atoms with E-state index in [0.29, 0.717) is 24.8 Å². The van der Waals surface area contributed by atoms with Crippen LogP contribution in [0.25, 0.3) is 0 Å². The van der Waals surface area contributed by atoms with Gasteiger partial charge in [0, 0.05) is 32.2 Å². The van der Waals surface area contributed by atoms with Crippen molar-refractivity contribution in [3.63, 3.8) is 0 Å². The molecule has 0 aliphatic carbocycles. The zero-order valence-electron chi connectivity index (χ0n) is 13.0. The second kappa shape index (κ2) is 8.59. The van der Waals surface area contributed by atoms with Crippen molar-refractivity contribution >= 4 is 11.4 Å². The summed E-state index contributed by atoms with van der Waals surface area (Å²) in [5.74, 6) is 0. The lowest BCUT2D eigenvalue weighted by atomic mass is 10.1. The maximum Gasteiger partial charge on any atom is 0.292 e. The van der Waals surface area contributed by atoms with Gasteiger partial charge in [-0.05, 0) is 24.5 Å². The molecule has 118 valence electrons. The van der Waals surface area contributed by atoms with E-state index in [1.165, 1.54) is 0 Å². The summed E-state index contributed by atoms with van der Waals surface area (Å²) in [4.78, 5) is 12.9. The predicted molar refractivity (Wildman–Crippen MR) is 84.5 cm³/mol. The van der Waals surface area contributed by atoms with Crippen molar-refractivity contribution in [2.45, 2.75) is 39.3 Å². The Kier molecular flexibility index (Phi) is 7.11. The van der Waals surface area contributed by atoms with E-state index < -0.39 is 0 Å². The smallest absolute Gasteiger partial charge is 0.292 e. The lowest BCUT2D eigenvalue weighted by Crippen LogP contribution is -2.36. The molecule has 0 heterocycles. The third-order valence-corrected chi connectivity index (χ3v) is 3.76. The molecule has 0 saturated heterocycles. The van der Waals surface area contributed by atoms with E-state index in [1.54, 1.807) is 19.2 Å². The lowest BCUT2D eigenvalue weighted by molar-refractivity contribution is -0.384. The summed E-state index contributed by atoms with van der Waals surface area (Å²) in [5.41, 5.74) is 1.49. The van der Waals surface area contributed by atoms with E-state index in [-0.39, 0.29) is 17.2 Å². The second-order valence-corrected chi connectivity index (χ2v) is 5.02. The summed E-state index contributed by atoms with van der Waals surface area (Å²) in [6.45, 7) is 5.51. The molecular formula is C15H25N3O3. The second-order valence-electron chi connectivity index (χ2n) is 5.02. The molecule has 21 heavy (non-hydrogen) atoms. The highest BCUT2D eigenvalue weighted by Gasteiger charge is 2.18. The summed E-state index contributed by atoms with van der Waals surface area (Å²) >= 11 is 0. The molecule has 0 amide bonds. The molecule has 0 saturated carbocycles. The normalized spacial score (nSPS) is 11.1. The van der Waals surface area contributed by atoms with Gasteiger partial charge in [-0.1, -0.05) is 19.9 Å². The Bertz CT molecular complexity index is 461. The van der Waals surface area contributed by atoms with Crippen LogP contribution in [0.1, 0.15) is 32.3 Å². The van der Waals surface area contributed by atoms with Crippen molar-refractivity contribution in [1.29, 1.82) is 0 Å². The zero-order valence-corrected chi connectivity index (χ0v) is 13.0. The maximum absolute atomic E-state index is 11.1. The van der Waals surface area contributed by atoms with Crippen LogP contribution in [0.15, 0.2) is 18.2 Å². The number of aliphatic hydroxyl groups is 1. The summed E-state index contributed by atoms with van der Waals surface area (Å²) in [6, 6.07) is 5.61. The monoisotopic (exact) mass is 295 g/mol. The third kappa shape index (κ3) is 4.68. The van der Waals surface area contributed by atoms with Crippen LogP contribution in [0.2, 0.25) is 0 Å². The molecule has 1 aromatic rings. The highest BCUT2D eigenvalue weighted by atomic mass is 16.6. The molecular weight excluding hydrogens is 270 g/mol. The van der Waals surface area contributed by atoms with Crippen LogP contribution in [0.3, 0.4) is 0 Å². The van der Waals surface area contributed by atoms with Crippen LogP contribution in [0, 0.1) is 10.1 Å². The first-order valence-corrected chi connectivity index (χ1v) is 7.37. The van der Waals surface area contributed by atoms with Crippen LogP contribution in [0.5, 0.6) is 0 Å². The quantitative estimate of drug-likeness (QED) is 0.541. The van der Waals surface area contributed by atoms with Gasteiger partial charge in [0.15, 0.2) is 0 Å². The molecule has 6 nitrogen and oxygen atoms in total. The van der Waals surface area contributed by atoms with Gasteiger partial charge in [0.05, 0.1) is 11.5 Å². The number of nitro benzene ring substituents is 1. The predicted octanol–water partition coefficient (Wildman–Crippen LogP) is 2.62. The van der Waals surface area contributed by atoms with Gasteiger partial charge in [-0.2, -0.15) is 0 Å². The van der Waals surface area contributed by atoms with Crippen LogP contribution < -0.4 is 5.32 Å². The summed E-state index contributed by atoms with van der Waals surface area (Å²) in [7, 11) is 1.67. The van der Waals surface area contributed by atoms with Crippen molar-refractivity contribution in [2.24, 2.45) is 0 Å². The van der Waals surface area contributed by atoms with E-state index in [0.717, 1.165) is 18.4 Å². The first-order chi connectivity index (χ1) is 10.1. The Morgan fingerprint density at radius 2 is 2.05 bits per heavy atom. The Morgan fingerprint density at radius 1 is 1.38 bits per heavy atom. The number of hydrogen-bond acceptors (Lipinski definition) is 5. The molecule has 0 spiro atoms. The minimum absolute atomic E-state index is 0.0866. The topological polar surface area (TPSA) is 78.6 Å². The molecule has 1 aromatic carbocycles. The fourth-order valence-corrected chi connectivity index (χ4v) is 2.60. The van der Waals surface area contributed by atoms with Gasteiger partial charge in [0.25, 0.3) is 5.69 Å². The third-order valence-electron chi connectivity index (χ3n) is 3.76. The Hall–Kier alpha value is -1.66. The molecule has 0 bridgehead atoms. The van der Waals surface area contributed by atoms with Gasteiger partial charge < -0.3 is 10.4 Å². The van der Waals surface area contributed by atoms with Gasteiger partial charge in [0.2, 0.25) is 0 Å². The van der Waals surface area contributed by atoms with Crippen molar-refractivity contribution < 1.29 is 10.0 Å². The number of aliphatic hydroxyl groups excluding tert-OH is 1. The van der Waals surface area contributed by atoms with Crippen molar-refractivity contribution in [3.05, 3.63) is 33.9 Å². The van der Waals surface area contributed by atoms with Crippen LogP contribution in [-0.4, -0.2) is 41.2 Å². The zero-order chi connectivity index (χ0) is 15.8. The minimum Gasteiger partial charge on any atom is -0.395 e. The molecule has 0 radical (unpaired) electrons. The number of anilines is 1. The number of rotatable bonds is 9. The highest BCUT2D eigenvalue weighted by Crippen LogP contribution is 2.26. The van der Waals surface area contributed by atoms with Gasteiger partial charge in [-0.25, -0.2) is 0 Å². The van der Waals surface area contributed by atoms with Crippen LogP contribution in [0.4, 0.5) is 11.4 Å². The maximum atomic E-state index is 11.1. The molecule has 0 aliphatic rings. The van der Waals surface area contributed by atoms with E-state index in [4.69, 9.17) is 0 Å². The standard InChI is InChI=1S/C15H25N3O3/c1-4-13(5-2)17(8-9-19)11-12-6-7-14(16-3)15(10-12)18(20)21/h6-7,10,13,16,19H,4-5,8-9,11H2,1-3H3. The Morgan fingerprint density at radius 3 is 2.52 bits per heavy atom. The molecule has 1 rings (SSSR count). The van der Waals surface area contributed by atoms with Gasteiger partial charge in [0.1, 0.15) is 5.69 Å². The van der Waals surface area contributed by atoms with Crippen LogP contribution in [-0.2, 0) is 6.54 Å². The van der Waals surface area contributed by atoms with E-state index in [1.807, 2.05) is 6.07 Å². The minimum atomic E-state index is -0.372. The summed E-state index contributed by atoms with van der Waals surface area (Å²) in [5, 5.41) is 23.2. The van der Waals surface area contributed by atoms with Gasteiger partial charge in [-0.3, -0.25) is 15.0 Å². The fraction of sp³-hybridized carbons (Fsp3) is 0.600. The van der Waals surface area contributed by atoms with E-state index in [9.17, 15) is 15.2 Å². The first kappa shape index (κ1) is 17.4. The molecule has 0 unspecified atom stereocenters. The number of hydrogen-bond donors (Lipinski definition) is 2. The van der Waals surface area contributed by atoms with Crippen molar-refractivity contribution in [2.75, 3.05) is 25.5 Å². The Balaban J connectivity index is 2.98. The largest absolute Gasteiger partial charge is 0.395 e. The number of nitrogens with one attached hydrogen (secondary N) is 1. The summed E-state index contributed by atoms with van der Waals surface area (Å²) < 4.78 is 0. The molecule has 2 N–H and O–H groups in total. The fourth-order valence-electron chi connectivity index (χ4n) is 2.60. The number of nitrogens with zero attached hydrogens (tertiary/aromatic N) is 2. The average molecular weight is 295 g/mol. The number of benzene rings is 1. The molecule has 0 aromatic heterocycles. The molecule has 0 atom stereocenters. The number of nitro groups is 1. The average Bonchev–Trinajstić information content (AvgIpc) is 2.48. The molecule has 0 aliphatic heterocycles. The van der Waals surface area contributed by atoms with Crippen molar-refractivity contribution in [1.82, 2.24) is 4.90 Å². The van der Waals surface area contributed by atoms with Crippen molar-refractivity contribution in [3.8, 4) is 0 Å². The molecule has 6 heteroatoms. The highest BCUT2D eigenvalue weighted by molar-refractivity contribution is 5.62. The first-order valence-electron chi connectivity index (χ1n) is 7.37. The lowest BCUT2D eigenvalue weighted by Gasteiger charge is -2.29. The SMILES string of the molecule is CCC(CC)N(CCO)Cc1ccc(NC)c([N+](=O)[O-])c1. The van der Waals surface area contributed by atoms with Crippen LogP contribution >= 0.6 is 0 Å². The molecule has 0 fully saturated rings. The Labute approximate surface area is 125 Å². The van der Waals surface area contributed by atoms with E-state index >= 15 is 0 Å².